The van der Waals surface area contributed by atoms with Crippen molar-refractivity contribution in [2.45, 2.75) is 6.92 Å². The quantitative estimate of drug-likeness (QED) is 0.609. The molecule has 13 heavy (non-hydrogen) atoms. The third-order valence-corrected chi connectivity index (χ3v) is 1.22. The summed E-state index contributed by atoms with van der Waals surface area (Å²) in [6.07, 6.45) is 3.60. The van der Waals surface area contributed by atoms with Crippen LogP contribution in [0.3, 0.4) is 0 Å². The Kier molecular flexibility index (Phi) is 9.15. The average molecular weight is 184 g/mol. The minimum atomic E-state index is 0.00926. The second-order valence-electron chi connectivity index (χ2n) is 2.27. The second-order valence-corrected chi connectivity index (χ2v) is 2.27. The normalized spacial score (nSPS) is 7.31. The van der Waals surface area contributed by atoms with Crippen molar-refractivity contribution in [3.8, 4) is 0 Å². The van der Waals surface area contributed by atoms with Gasteiger partial charge in [0.15, 0.2) is 0 Å². The van der Waals surface area contributed by atoms with Gasteiger partial charge in [0, 0.05) is 21.0 Å². The summed E-state index contributed by atoms with van der Waals surface area (Å²) in [6, 6.07) is 0. The van der Waals surface area contributed by atoms with Crippen LogP contribution in [0.5, 0.6) is 0 Å². The molecule has 0 saturated carbocycles. The fourth-order valence-corrected chi connectivity index (χ4v) is 0.172. The van der Waals surface area contributed by atoms with E-state index in [1.165, 1.54) is 29.1 Å². The largest absolute Gasteiger partial charge is 0.325 e. The van der Waals surface area contributed by atoms with Crippen LogP contribution >= 0.6 is 0 Å². The van der Waals surface area contributed by atoms with E-state index in [0.717, 1.165) is 0 Å². The lowest BCUT2D eigenvalue weighted by Gasteiger charge is -2.04. The highest BCUT2D eigenvalue weighted by molar-refractivity contribution is 5.73. The molecule has 0 unspecified atom stereocenters. The number of hydrogen-bond donors (Lipinski definition) is 0. The Labute approximate surface area is 79.1 Å². The van der Waals surface area contributed by atoms with E-state index in [1.807, 2.05) is 0 Å². The minimum Gasteiger partial charge on any atom is -0.325 e. The summed E-state index contributed by atoms with van der Waals surface area (Å²) in [5, 5.41) is 0. The molecule has 0 atom stereocenters. The van der Waals surface area contributed by atoms with Crippen molar-refractivity contribution in [2.24, 2.45) is 0 Å². The van der Waals surface area contributed by atoms with Gasteiger partial charge in [-0.15, -0.1) is 0 Å². The molecule has 0 bridgehead atoms. The zero-order chi connectivity index (χ0) is 10.9. The van der Waals surface area contributed by atoms with Crippen molar-refractivity contribution < 1.29 is 9.59 Å². The monoisotopic (exact) mass is 184 g/mol. The molecular weight excluding hydrogens is 168 g/mol. The van der Waals surface area contributed by atoms with Crippen molar-refractivity contribution in [2.75, 3.05) is 14.1 Å². The average Bonchev–Trinajstić information content (AvgIpc) is 2.16. The maximum absolute atomic E-state index is 10.2. The van der Waals surface area contributed by atoms with Crippen LogP contribution in [0.4, 0.5) is 0 Å². The lowest BCUT2D eigenvalue weighted by Crippen LogP contribution is -2.15. The fourth-order valence-electron chi connectivity index (χ4n) is 0.172. The summed E-state index contributed by atoms with van der Waals surface area (Å²) < 4.78 is 0. The third-order valence-electron chi connectivity index (χ3n) is 1.22. The first kappa shape index (κ1) is 14.0. The SMILES string of the molecule is C=CN(C)C(C)=O.C=CN(C)C=O. The fraction of sp³-hybridized carbons (Fsp3) is 0.333. The van der Waals surface area contributed by atoms with Gasteiger partial charge < -0.3 is 9.80 Å². The lowest BCUT2D eigenvalue weighted by molar-refractivity contribution is -0.125. The third kappa shape index (κ3) is 10.4. The number of hydrogen-bond acceptors (Lipinski definition) is 2. The molecule has 0 N–H and O–H groups in total. The summed E-state index contributed by atoms with van der Waals surface area (Å²) >= 11 is 0. The van der Waals surface area contributed by atoms with Gasteiger partial charge in [-0.1, -0.05) is 13.2 Å². The van der Waals surface area contributed by atoms with Crippen LogP contribution in [0.15, 0.2) is 25.6 Å². The lowest BCUT2D eigenvalue weighted by atomic mass is 10.6. The van der Waals surface area contributed by atoms with Crippen LogP contribution in [0.25, 0.3) is 0 Å². The number of carbonyl (C=O) groups excluding carboxylic acids is 2. The van der Waals surface area contributed by atoms with Crippen LogP contribution in [-0.4, -0.2) is 36.2 Å². The molecule has 0 aromatic carbocycles. The van der Waals surface area contributed by atoms with Crippen LogP contribution in [0, 0.1) is 0 Å². The molecule has 0 fully saturated rings. The highest BCUT2D eigenvalue weighted by atomic mass is 16.2. The van der Waals surface area contributed by atoms with E-state index in [1.54, 1.807) is 14.1 Å². The number of nitrogens with zero attached hydrogens (tertiary/aromatic N) is 2. The summed E-state index contributed by atoms with van der Waals surface area (Å²) in [4.78, 5) is 22.6. The van der Waals surface area contributed by atoms with Crippen molar-refractivity contribution in [1.29, 1.82) is 0 Å². The van der Waals surface area contributed by atoms with Crippen LogP contribution in [0.1, 0.15) is 6.92 Å². The Balaban J connectivity index is 0. The molecule has 0 heterocycles. The number of amides is 2. The molecule has 74 valence electrons. The van der Waals surface area contributed by atoms with Crippen molar-refractivity contribution in [3.63, 3.8) is 0 Å². The van der Waals surface area contributed by atoms with E-state index in [2.05, 4.69) is 13.2 Å². The highest BCUT2D eigenvalue weighted by Gasteiger charge is 1.90. The van der Waals surface area contributed by atoms with Gasteiger partial charge in [0.25, 0.3) is 0 Å². The smallest absolute Gasteiger partial charge is 0.223 e. The van der Waals surface area contributed by atoms with Crippen LogP contribution in [0.2, 0.25) is 0 Å². The zero-order valence-electron chi connectivity index (χ0n) is 8.36. The molecule has 2 amide bonds. The van der Waals surface area contributed by atoms with E-state index < -0.39 is 0 Å². The van der Waals surface area contributed by atoms with E-state index in [9.17, 15) is 9.59 Å². The first-order valence-electron chi connectivity index (χ1n) is 3.65. The standard InChI is InChI=1S/C5H9NO.C4H7NO/c1-4-6(3)5(2)7;1-3-5(2)4-6/h4H,1H2,2-3H3;3-4H,1H2,2H3. The van der Waals surface area contributed by atoms with Gasteiger partial charge in [0.05, 0.1) is 0 Å². The van der Waals surface area contributed by atoms with Crippen molar-refractivity contribution >= 4 is 12.3 Å². The minimum absolute atomic E-state index is 0.00926. The summed E-state index contributed by atoms with van der Waals surface area (Å²) in [7, 11) is 3.29. The van der Waals surface area contributed by atoms with Gasteiger partial charge >= 0.3 is 0 Å². The Hall–Kier alpha value is -1.58. The number of rotatable bonds is 3. The zero-order valence-corrected chi connectivity index (χ0v) is 8.36. The predicted molar refractivity (Wildman–Crippen MR) is 52.7 cm³/mol. The Bertz CT molecular complexity index is 182. The molecule has 0 rings (SSSR count). The molecule has 0 radical (unpaired) electrons. The molecule has 0 saturated heterocycles. The molecular formula is C9H16N2O2. The van der Waals surface area contributed by atoms with Crippen molar-refractivity contribution in [3.05, 3.63) is 25.6 Å². The van der Waals surface area contributed by atoms with Gasteiger partial charge in [-0.25, -0.2) is 0 Å². The summed E-state index contributed by atoms with van der Waals surface area (Å²) in [5.74, 6) is 0.00926. The predicted octanol–water partition coefficient (Wildman–Crippen LogP) is 0.826. The van der Waals surface area contributed by atoms with E-state index in [-0.39, 0.29) is 5.91 Å². The van der Waals surface area contributed by atoms with Crippen LogP contribution in [-0.2, 0) is 9.59 Å². The van der Waals surface area contributed by atoms with Gasteiger partial charge in [-0.2, -0.15) is 0 Å². The first-order valence-corrected chi connectivity index (χ1v) is 3.65. The molecule has 0 aromatic heterocycles. The second kappa shape index (κ2) is 8.52. The molecule has 0 aliphatic rings. The molecule has 0 aromatic rings. The van der Waals surface area contributed by atoms with Gasteiger partial charge in [-0.3, -0.25) is 9.59 Å². The van der Waals surface area contributed by atoms with E-state index >= 15 is 0 Å². The van der Waals surface area contributed by atoms with Gasteiger partial charge in [0.2, 0.25) is 12.3 Å². The molecule has 4 nitrogen and oxygen atoms in total. The maximum atomic E-state index is 10.2. The number of carbonyl (C=O) groups is 2. The Morgan fingerprint density at radius 2 is 1.69 bits per heavy atom. The molecule has 0 aliphatic carbocycles. The molecule has 0 spiro atoms. The Morgan fingerprint density at radius 3 is 1.69 bits per heavy atom. The van der Waals surface area contributed by atoms with Crippen molar-refractivity contribution in [1.82, 2.24) is 9.80 Å². The van der Waals surface area contributed by atoms with Gasteiger partial charge in [0.1, 0.15) is 0 Å². The van der Waals surface area contributed by atoms with Gasteiger partial charge in [-0.05, 0) is 12.4 Å². The van der Waals surface area contributed by atoms with E-state index in [0.29, 0.717) is 6.41 Å². The Morgan fingerprint density at radius 1 is 1.23 bits per heavy atom. The molecule has 4 heteroatoms. The highest BCUT2D eigenvalue weighted by Crippen LogP contribution is 1.79. The van der Waals surface area contributed by atoms with E-state index in [4.69, 9.17) is 0 Å². The summed E-state index contributed by atoms with van der Waals surface area (Å²) in [6.45, 7) is 8.20. The first-order chi connectivity index (χ1) is 5.99. The summed E-state index contributed by atoms with van der Waals surface area (Å²) in [5.41, 5.74) is 0. The molecule has 0 aliphatic heterocycles. The topological polar surface area (TPSA) is 40.6 Å². The van der Waals surface area contributed by atoms with Crippen LogP contribution < -0.4 is 0 Å². The maximum Gasteiger partial charge on any atom is 0.223 e.